The van der Waals surface area contributed by atoms with Gasteiger partial charge in [-0.15, -0.1) is 11.3 Å². The fourth-order valence-electron chi connectivity index (χ4n) is 1.83. The zero-order valence-corrected chi connectivity index (χ0v) is 13.5. The maximum absolute atomic E-state index is 12.8. The number of aromatic nitrogens is 2. The fourth-order valence-corrected chi connectivity index (χ4v) is 2.59. The van der Waals surface area contributed by atoms with E-state index >= 15 is 0 Å². The lowest BCUT2D eigenvalue weighted by atomic mass is 10.3. The number of hydrogen-bond acceptors (Lipinski definition) is 7. The van der Waals surface area contributed by atoms with E-state index in [9.17, 15) is 9.18 Å². The molecule has 0 saturated heterocycles. The van der Waals surface area contributed by atoms with Crippen LogP contribution in [0.2, 0.25) is 0 Å². The van der Waals surface area contributed by atoms with E-state index in [1.807, 2.05) is 13.0 Å². The highest BCUT2D eigenvalue weighted by Crippen LogP contribution is 2.17. The Bertz CT molecular complexity index is 829. The second-order valence-electron chi connectivity index (χ2n) is 4.83. The SMILES string of the molecule is Cc1ccc(C(=O)OCc2nc(COc3ccc(F)cc3)no2)s1. The summed E-state index contributed by atoms with van der Waals surface area (Å²) in [6.45, 7) is 1.86. The highest BCUT2D eigenvalue weighted by atomic mass is 32.1. The molecule has 0 radical (unpaired) electrons. The minimum atomic E-state index is -0.435. The molecule has 0 amide bonds. The Morgan fingerprint density at radius 2 is 2.00 bits per heavy atom. The normalized spacial score (nSPS) is 10.6. The van der Waals surface area contributed by atoms with E-state index in [0.717, 1.165) is 4.88 Å². The number of thiophene rings is 1. The second kappa shape index (κ2) is 7.22. The molecule has 0 aliphatic carbocycles. The highest BCUT2D eigenvalue weighted by Gasteiger charge is 2.13. The molecule has 0 aliphatic rings. The lowest BCUT2D eigenvalue weighted by Gasteiger charge is -2.02. The third kappa shape index (κ3) is 4.17. The van der Waals surface area contributed by atoms with Gasteiger partial charge in [0, 0.05) is 4.88 Å². The van der Waals surface area contributed by atoms with Crippen LogP contribution in [-0.2, 0) is 18.0 Å². The van der Waals surface area contributed by atoms with E-state index < -0.39 is 5.97 Å². The summed E-state index contributed by atoms with van der Waals surface area (Å²) in [5.74, 6) is 0.191. The Labute approximate surface area is 140 Å². The van der Waals surface area contributed by atoms with Gasteiger partial charge in [0.05, 0.1) is 0 Å². The number of ether oxygens (including phenoxy) is 2. The molecule has 0 spiro atoms. The van der Waals surface area contributed by atoms with Gasteiger partial charge in [-0.1, -0.05) is 5.16 Å². The zero-order chi connectivity index (χ0) is 16.9. The fraction of sp³-hybridized carbons (Fsp3) is 0.188. The van der Waals surface area contributed by atoms with Gasteiger partial charge < -0.3 is 14.0 Å². The van der Waals surface area contributed by atoms with Crippen molar-refractivity contribution in [2.75, 3.05) is 0 Å². The average molecular weight is 348 g/mol. The van der Waals surface area contributed by atoms with E-state index in [4.69, 9.17) is 14.0 Å². The van der Waals surface area contributed by atoms with Gasteiger partial charge >= 0.3 is 5.97 Å². The van der Waals surface area contributed by atoms with Gasteiger partial charge in [-0.05, 0) is 43.3 Å². The van der Waals surface area contributed by atoms with Crippen LogP contribution in [-0.4, -0.2) is 16.1 Å². The van der Waals surface area contributed by atoms with Crippen LogP contribution in [0.5, 0.6) is 5.75 Å². The number of halogens is 1. The van der Waals surface area contributed by atoms with Crippen molar-refractivity contribution >= 4 is 17.3 Å². The molecule has 0 aliphatic heterocycles. The van der Waals surface area contributed by atoms with Crippen LogP contribution < -0.4 is 4.74 Å². The van der Waals surface area contributed by atoms with Crippen molar-refractivity contribution in [2.24, 2.45) is 0 Å². The molecule has 3 aromatic rings. The van der Waals surface area contributed by atoms with Crippen LogP contribution in [0.15, 0.2) is 40.9 Å². The zero-order valence-electron chi connectivity index (χ0n) is 12.7. The number of benzene rings is 1. The molecular formula is C16H13FN2O4S. The van der Waals surface area contributed by atoms with Crippen molar-refractivity contribution in [2.45, 2.75) is 20.1 Å². The second-order valence-corrected chi connectivity index (χ2v) is 6.12. The van der Waals surface area contributed by atoms with Crippen LogP contribution in [0.3, 0.4) is 0 Å². The van der Waals surface area contributed by atoms with Gasteiger partial charge in [0.1, 0.15) is 16.4 Å². The molecule has 24 heavy (non-hydrogen) atoms. The monoisotopic (exact) mass is 348 g/mol. The first-order valence-corrected chi connectivity index (χ1v) is 7.85. The van der Waals surface area contributed by atoms with E-state index in [0.29, 0.717) is 16.5 Å². The molecule has 8 heteroatoms. The van der Waals surface area contributed by atoms with Crippen molar-refractivity contribution in [3.63, 3.8) is 0 Å². The maximum atomic E-state index is 12.8. The van der Waals surface area contributed by atoms with E-state index in [-0.39, 0.29) is 24.9 Å². The third-order valence-electron chi connectivity index (χ3n) is 2.96. The summed E-state index contributed by atoms with van der Waals surface area (Å²) in [5.41, 5.74) is 0. The third-order valence-corrected chi connectivity index (χ3v) is 3.94. The lowest BCUT2D eigenvalue weighted by molar-refractivity contribution is 0.0435. The predicted octanol–water partition coefficient (Wildman–Crippen LogP) is 3.51. The number of hydrogen-bond donors (Lipinski definition) is 0. The van der Waals surface area contributed by atoms with Gasteiger partial charge in [0.2, 0.25) is 5.82 Å². The molecule has 0 saturated carbocycles. The van der Waals surface area contributed by atoms with Crippen molar-refractivity contribution in [3.8, 4) is 5.75 Å². The molecule has 0 bridgehead atoms. The number of carbonyl (C=O) groups is 1. The Kier molecular flexibility index (Phi) is 4.85. The van der Waals surface area contributed by atoms with E-state index in [2.05, 4.69) is 10.1 Å². The Morgan fingerprint density at radius 1 is 1.21 bits per heavy atom. The number of carbonyl (C=O) groups excluding carboxylic acids is 1. The first kappa shape index (κ1) is 16.1. The van der Waals surface area contributed by atoms with Gasteiger partial charge in [0.25, 0.3) is 5.89 Å². The minimum Gasteiger partial charge on any atom is -0.485 e. The van der Waals surface area contributed by atoms with Gasteiger partial charge in [0.15, 0.2) is 13.2 Å². The molecule has 6 nitrogen and oxygen atoms in total. The van der Waals surface area contributed by atoms with Crippen LogP contribution in [0.4, 0.5) is 4.39 Å². The number of nitrogens with zero attached hydrogens (tertiary/aromatic N) is 2. The largest absolute Gasteiger partial charge is 0.485 e. The first-order chi connectivity index (χ1) is 11.6. The topological polar surface area (TPSA) is 74.5 Å². The molecule has 0 unspecified atom stereocenters. The molecule has 124 valence electrons. The summed E-state index contributed by atoms with van der Waals surface area (Å²) in [6.07, 6.45) is 0. The van der Waals surface area contributed by atoms with Crippen molar-refractivity contribution in [3.05, 3.63) is 63.7 Å². The maximum Gasteiger partial charge on any atom is 0.348 e. The van der Waals surface area contributed by atoms with Crippen molar-refractivity contribution in [1.29, 1.82) is 0 Å². The molecule has 2 aromatic heterocycles. The smallest absolute Gasteiger partial charge is 0.348 e. The number of rotatable bonds is 6. The van der Waals surface area contributed by atoms with Gasteiger partial charge in [-0.25, -0.2) is 9.18 Å². The highest BCUT2D eigenvalue weighted by molar-refractivity contribution is 7.13. The summed E-state index contributed by atoms with van der Waals surface area (Å²) in [4.78, 5) is 17.4. The minimum absolute atomic E-state index is 0.0627. The molecule has 1 aromatic carbocycles. The standard InChI is InChI=1S/C16H13FN2O4S/c1-10-2-7-13(24-10)16(20)22-9-15-18-14(19-23-15)8-21-12-5-3-11(17)4-6-12/h2-7H,8-9H2,1H3. The molecule has 2 heterocycles. The quantitative estimate of drug-likeness (QED) is 0.635. The molecule has 3 rings (SSSR count). The van der Waals surface area contributed by atoms with Crippen molar-refractivity contribution < 1.29 is 23.2 Å². The summed E-state index contributed by atoms with van der Waals surface area (Å²) < 4.78 is 28.3. The van der Waals surface area contributed by atoms with E-state index in [1.165, 1.54) is 35.6 Å². The molecule has 0 N–H and O–H groups in total. The van der Waals surface area contributed by atoms with Crippen molar-refractivity contribution in [1.82, 2.24) is 10.1 Å². The summed E-state index contributed by atoms with van der Waals surface area (Å²) in [5, 5.41) is 3.73. The summed E-state index contributed by atoms with van der Waals surface area (Å²) in [6, 6.07) is 9.14. The van der Waals surface area contributed by atoms with Crippen LogP contribution in [0.1, 0.15) is 26.3 Å². The molecular weight excluding hydrogens is 335 g/mol. The van der Waals surface area contributed by atoms with E-state index in [1.54, 1.807) is 6.07 Å². The molecule has 0 fully saturated rings. The average Bonchev–Trinajstić information content (AvgIpc) is 3.21. The summed E-state index contributed by atoms with van der Waals surface area (Å²) in [7, 11) is 0. The molecule has 0 atom stereocenters. The van der Waals surface area contributed by atoms with Crippen LogP contribution in [0.25, 0.3) is 0 Å². The Hall–Kier alpha value is -2.74. The Morgan fingerprint density at radius 3 is 2.71 bits per heavy atom. The lowest BCUT2D eigenvalue weighted by Crippen LogP contribution is -2.03. The number of aryl methyl sites for hydroxylation is 1. The van der Waals surface area contributed by atoms with Crippen LogP contribution in [0, 0.1) is 12.7 Å². The first-order valence-electron chi connectivity index (χ1n) is 7.03. The van der Waals surface area contributed by atoms with Gasteiger partial charge in [-0.3, -0.25) is 0 Å². The van der Waals surface area contributed by atoms with Crippen LogP contribution >= 0.6 is 11.3 Å². The van der Waals surface area contributed by atoms with Gasteiger partial charge in [-0.2, -0.15) is 4.98 Å². The predicted molar refractivity (Wildman–Crippen MR) is 83.2 cm³/mol. The Balaban J connectivity index is 1.50. The number of esters is 1. The summed E-state index contributed by atoms with van der Waals surface area (Å²) >= 11 is 1.36.